The van der Waals surface area contributed by atoms with Gasteiger partial charge in [0.15, 0.2) is 0 Å². The Kier molecular flexibility index (Phi) is 10.5. The van der Waals surface area contributed by atoms with Gasteiger partial charge in [-0.1, -0.05) is 37.3 Å². The number of nitrogens with zero attached hydrogens (tertiary/aromatic N) is 5. The molecule has 0 aliphatic carbocycles. The van der Waals surface area contributed by atoms with Gasteiger partial charge >= 0.3 is 0 Å². The quantitative estimate of drug-likeness (QED) is 0.287. The SMILES string of the molecule is CCCN1CCN(C2CCN(C(=O)CC3(c4ccccc4OCC)C(=O)N(S(=O)(=O)c4ccccc4OC)c4ccc(C#N)cc43)CC2)CC1. The van der Waals surface area contributed by atoms with Crippen LogP contribution >= 0.6 is 0 Å². The fourth-order valence-corrected chi connectivity index (χ4v) is 9.45. The number of carbonyl (C=O) groups excluding carboxylic acids is 2. The lowest BCUT2D eigenvalue weighted by atomic mass is 9.71. The van der Waals surface area contributed by atoms with E-state index >= 15 is 4.79 Å². The van der Waals surface area contributed by atoms with Gasteiger partial charge in [-0.15, -0.1) is 0 Å². The minimum Gasteiger partial charge on any atom is -0.495 e. The number of amides is 2. The van der Waals surface area contributed by atoms with Crippen molar-refractivity contribution in [1.29, 1.82) is 5.26 Å². The molecule has 3 aromatic rings. The standard InChI is InChI=1S/C38H45N5O6S/c1-4-18-40-21-23-41(24-22-40)29-16-19-42(20-17-29)36(44)26-38(30-10-6-7-11-33(30)49-5-2)31-25-28(27-39)14-15-32(31)43(37(38)45)50(46,47)35-13-9-8-12-34(35)48-3/h6-15,25,29H,4-5,16-24,26H2,1-3H3. The Morgan fingerprint density at radius 1 is 0.920 bits per heavy atom. The summed E-state index contributed by atoms with van der Waals surface area (Å²) in [5, 5.41) is 9.96. The lowest BCUT2D eigenvalue weighted by Crippen LogP contribution is -2.54. The molecule has 2 amide bonds. The van der Waals surface area contributed by atoms with E-state index < -0.39 is 21.3 Å². The summed E-state index contributed by atoms with van der Waals surface area (Å²) in [7, 11) is -3.19. The number of hydrogen-bond donors (Lipinski definition) is 0. The molecule has 3 aromatic carbocycles. The molecule has 50 heavy (non-hydrogen) atoms. The molecule has 3 aliphatic heterocycles. The molecular formula is C38H45N5O6S. The number of nitriles is 1. The highest BCUT2D eigenvalue weighted by Crippen LogP contribution is 2.53. The summed E-state index contributed by atoms with van der Waals surface area (Å²) >= 11 is 0. The van der Waals surface area contributed by atoms with Crippen molar-refractivity contribution in [3.8, 4) is 17.6 Å². The maximum Gasteiger partial charge on any atom is 0.274 e. The molecule has 0 bridgehead atoms. The van der Waals surface area contributed by atoms with E-state index in [4.69, 9.17) is 9.47 Å². The van der Waals surface area contributed by atoms with Gasteiger partial charge in [-0.3, -0.25) is 14.5 Å². The van der Waals surface area contributed by atoms with Crippen molar-refractivity contribution in [3.05, 3.63) is 83.4 Å². The Bertz CT molecular complexity index is 1880. The predicted octanol–water partition coefficient (Wildman–Crippen LogP) is 4.40. The summed E-state index contributed by atoms with van der Waals surface area (Å²) in [6, 6.07) is 20.1. The van der Waals surface area contributed by atoms with E-state index in [1.807, 2.05) is 6.92 Å². The number of para-hydroxylation sites is 2. The average Bonchev–Trinajstić information content (AvgIpc) is 3.39. The van der Waals surface area contributed by atoms with E-state index in [2.05, 4.69) is 22.8 Å². The van der Waals surface area contributed by atoms with Crippen LogP contribution in [0.1, 0.15) is 56.2 Å². The molecule has 2 fully saturated rings. The van der Waals surface area contributed by atoms with Crippen molar-refractivity contribution in [2.45, 2.75) is 55.9 Å². The van der Waals surface area contributed by atoms with Crippen molar-refractivity contribution in [2.75, 3.05) is 63.8 Å². The number of sulfonamides is 1. The second-order valence-corrected chi connectivity index (χ2v) is 14.8. The number of carbonyl (C=O) groups is 2. The third-order valence-corrected chi connectivity index (χ3v) is 12.0. The Morgan fingerprint density at radius 3 is 2.26 bits per heavy atom. The van der Waals surface area contributed by atoms with Crippen LogP contribution in [0.15, 0.2) is 71.6 Å². The Morgan fingerprint density at radius 2 is 1.60 bits per heavy atom. The van der Waals surface area contributed by atoms with Gasteiger partial charge in [0.1, 0.15) is 21.8 Å². The van der Waals surface area contributed by atoms with Crippen LogP contribution in [0.4, 0.5) is 5.69 Å². The van der Waals surface area contributed by atoms with Crippen LogP contribution in [0.5, 0.6) is 11.5 Å². The molecule has 11 nitrogen and oxygen atoms in total. The van der Waals surface area contributed by atoms with Gasteiger partial charge in [0, 0.05) is 57.3 Å². The molecule has 0 radical (unpaired) electrons. The minimum absolute atomic E-state index is 0.0773. The predicted molar refractivity (Wildman–Crippen MR) is 190 cm³/mol. The zero-order valence-corrected chi connectivity index (χ0v) is 29.8. The number of piperidine rings is 1. The number of piperazine rings is 1. The first-order valence-corrected chi connectivity index (χ1v) is 18.9. The van der Waals surface area contributed by atoms with Gasteiger partial charge in [-0.05, 0) is 74.7 Å². The van der Waals surface area contributed by atoms with Gasteiger partial charge in [0.05, 0.1) is 31.0 Å². The zero-order chi connectivity index (χ0) is 35.5. The Balaban J connectivity index is 1.39. The van der Waals surface area contributed by atoms with Crippen LogP contribution in [0, 0.1) is 11.3 Å². The smallest absolute Gasteiger partial charge is 0.274 e. The average molecular weight is 700 g/mol. The maximum absolute atomic E-state index is 15.2. The number of likely N-dealkylation sites (tertiary alicyclic amines) is 1. The van der Waals surface area contributed by atoms with E-state index in [1.165, 1.54) is 37.4 Å². The van der Waals surface area contributed by atoms with E-state index in [9.17, 15) is 18.5 Å². The molecular weight excluding hydrogens is 655 g/mol. The Labute approximate surface area is 295 Å². The molecule has 0 N–H and O–H groups in total. The lowest BCUT2D eigenvalue weighted by molar-refractivity contribution is -0.136. The van der Waals surface area contributed by atoms with Crippen LogP contribution < -0.4 is 13.8 Å². The van der Waals surface area contributed by atoms with Gasteiger partial charge in [0.25, 0.3) is 15.9 Å². The van der Waals surface area contributed by atoms with Crippen molar-refractivity contribution < 1.29 is 27.5 Å². The molecule has 12 heteroatoms. The summed E-state index contributed by atoms with van der Waals surface area (Å²) in [5.41, 5.74) is -0.847. The molecule has 0 spiro atoms. The van der Waals surface area contributed by atoms with Gasteiger partial charge in [-0.25, -0.2) is 12.7 Å². The molecule has 0 aromatic heterocycles. The van der Waals surface area contributed by atoms with Crippen LogP contribution in [0.2, 0.25) is 0 Å². The van der Waals surface area contributed by atoms with Gasteiger partial charge < -0.3 is 19.3 Å². The zero-order valence-electron chi connectivity index (χ0n) is 29.0. The first-order valence-electron chi connectivity index (χ1n) is 17.4. The molecule has 3 aliphatic rings. The van der Waals surface area contributed by atoms with Crippen molar-refractivity contribution >= 4 is 27.5 Å². The topological polar surface area (TPSA) is 123 Å². The highest BCUT2D eigenvalue weighted by molar-refractivity contribution is 7.93. The molecule has 3 heterocycles. The second kappa shape index (κ2) is 14.8. The molecule has 1 atom stereocenters. The maximum atomic E-state index is 15.2. The van der Waals surface area contributed by atoms with Crippen LogP contribution in [0.3, 0.4) is 0 Å². The molecule has 2 saturated heterocycles. The second-order valence-electron chi connectivity index (χ2n) is 13.1. The lowest BCUT2D eigenvalue weighted by Gasteiger charge is -2.43. The molecule has 6 rings (SSSR count). The number of fused-ring (bicyclic) bond motifs is 1. The van der Waals surface area contributed by atoms with Crippen molar-refractivity contribution in [2.24, 2.45) is 0 Å². The van der Waals surface area contributed by atoms with Crippen molar-refractivity contribution in [1.82, 2.24) is 14.7 Å². The number of ether oxygens (including phenoxy) is 2. The third kappa shape index (κ3) is 6.34. The minimum atomic E-state index is -4.55. The summed E-state index contributed by atoms with van der Waals surface area (Å²) in [4.78, 5) is 36.3. The fraction of sp³-hybridized carbons (Fsp3) is 0.447. The van der Waals surface area contributed by atoms with Crippen LogP contribution in [0.25, 0.3) is 0 Å². The normalized spacial score (nSPS) is 20.4. The van der Waals surface area contributed by atoms with Crippen LogP contribution in [-0.4, -0.2) is 101 Å². The Hall–Kier alpha value is -4.44. The first kappa shape index (κ1) is 35.4. The summed E-state index contributed by atoms with van der Waals surface area (Å²) < 4.78 is 41.3. The van der Waals surface area contributed by atoms with Gasteiger partial charge in [0.2, 0.25) is 5.91 Å². The highest BCUT2D eigenvalue weighted by Gasteiger charge is 2.58. The van der Waals surface area contributed by atoms with Gasteiger partial charge in [-0.2, -0.15) is 5.26 Å². The summed E-state index contributed by atoms with van der Waals surface area (Å²) in [6.45, 7) is 10.6. The largest absolute Gasteiger partial charge is 0.495 e. The summed E-state index contributed by atoms with van der Waals surface area (Å²) in [5.74, 6) is -0.634. The summed E-state index contributed by atoms with van der Waals surface area (Å²) in [6.07, 6.45) is 2.45. The molecule has 1 unspecified atom stereocenters. The van der Waals surface area contributed by atoms with Crippen LogP contribution in [-0.2, 0) is 25.0 Å². The number of hydrogen-bond acceptors (Lipinski definition) is 9. The molecule has 0 saturated carbocycles. The highest BCUT2D eigenvalue weighted by atomic mass is 32.2. The van der Waals surface area contributed by atoms with E-state index in [1.54, 1.807) is 41.3 Å². The number of benzene rings is 3. The monoisotopic (exact) mass is 699 g/mol. The van der Waals surface area contributed by atoms with E-state index in [0.717, 1.165) is 56.3 Å². The number of anilines is 1. The van der Waals surface area contributed by atoms with Crippen molar-refractivity contribution in [3.63, 3.8) is 0 Å². The number of rotatable bonds is 11. The third-order valence-electron chi connectivity index (χ3n) is 10.3. The number of methoxy groups -OCH3 is 1. The van der Waals surface area contributed by atoms with E-state index in [0.29, 0.717) is 30.4 Å². The fourth-order valence-electron chi connectivity index (χ4n) is 7.81. The first-order chi connectivity index (χ1) is 24.2. The molecule has 264 valence electrons. The van der Waals surface area contributed by atoms with E-state index in [-0.39, 0.29) is 46.4 Å².